The van der Waals surface area contributed by atoms with Crippen LogP contribution in [-0.4, -0.2) is 22.6 Å². The van der Waals surface area contributed by atoms with Crippen molar-refractivity contribution in [3.05, 3.63) is 70.8 Å². The minimum absolute atomic E-state index is 0.438. The van der Waals surface area contributed by atoms with E-state index in [2.05, 4.69) is 50.8 Å². The molecule has 0 heterocycles. The Labute approximate surface area is 140 Å². The number of aliphatic hydroxyl groups excluding tert-OH is 1. The van der Waals surface area contributed by atoms with Crippen LogP contribution in [0, 0.1) is 13.8 Å². The van der Waals surface area contributed by atoms with Crippen molar-refractivity contribution in [2.75, 3.05) is 6.54 Å². The lowest BCUT2D eigenvalue weighted by Crippen LogP contribution is -2.36. The van der Waals surface area contributed by atoms with E-state index in [1.54, 1.807) is 0 Å². The smallest absolute Gasteiger partial charge is 0.0917 e. The fourth-order valence-corrected chi connectivity index (χ4v) is 2.85. The lowest BCUT2D eigenvalue weighted by atomic mass is 10.0. The molecule has 0 aliphatic rings. The number of hydrogen-bond acceptors (Lipinski definition) is 2. The van der Waals surface area contributed by atoms with Gasteiger partial charge in [-0.3, -0.25) is 4.90 Å². The maximum Gasteiger partial charge on any atom is 0.0917 e. The maximum atomic E-state index is 10.6. The van der Waals surface area contributed by atoms with E-state index in [0.717, 1.165) is 18.5 Å². The molecule has 0 aliphatic heterocycles. The second-order valence-electron chi connectivity index (χ2n) is 6.54. The molecule has 2 nitrogen and oxygen atoms in total. The molecule has 0 unspecified atom stereocenters. The molecule has 0 aliphatic carbocycles. The summed E-state index contributed by atoms with van der Waals surface area (Å²) in [6, 6.07) is 17.0. The number of nitrogens with zero attached hydrogens (tertiary/aromatic N) is 1. The van der Waals surface area contributed by atoms with Gasteiger partial charge in [0, 0.05) is 19.1 Å². The molecule has 2 heteroatoms. The zero-order chi connectivity index (χ0) is 16.8. The molecule has 0 amide bonds. The predicted octanol–water partition coefficient (Wildman–Crippen LogP) is 4.64. The molecule has 2 aromatic carbocycles. The Kier molecular flexibility index (Phi) is 6.37. The van der Waals surface area contributed by atoms with Crippen LogP contribution < -0.4 is 0 Å². The number of rotatable bonds is 7. The highest BCUT2D eigenvalue weighted by molar-refractivity contribution is 5.30. The van der Waals surface area contributed by atoms with Crippen LogP contribution in [0.3, 0.4) is 0 Å². The van der Waals surface area contributed by atoms with Gasteiger partial charge >= 0.3 is 0 Å². The summed E-state index contributed by atoms with van der Waals surface area (Å²) in [5, 5.41) is 10.6. The number of aryl methyl sites for hydroxylation is 2. The van der Waals surface area contributed by atoms with Crippen molar-refractivity contribution in [1.29, 1.82) is 0 Å². The molecule has 124 valence electrons. The highest BCUT2D eigenvalue weighted by Gasteiger charge is 2.18. The first-order valence-electron chi connectivity index (χ1n) is 8.54. The fourth-order valence-electron chi connectivity index (χ4n) is 2.85. The highest BCUT2D eigenvalue weighted by Crippen LogP contribution is 2.20. The van der Waals surface area contributed by atoms with E-state index in [1.165, 1.54) is 16.7 Å². The van der Waals surface area contributed by atoms with Crippen molar-refractivity contribution >= 4 is 0 Å². The quantitative estimate of drug-likeness (QED) is 0.805. The lowest BCUT2D eigenvalue weighted by Gasteiger charge is -2.31. The minimum atomic E-state index is -0.449. The van der Waals surface area contributed by atoms with E-state index in [9.17, 15) is 5.11 Å². The number of hydrogen-bond donors (Lipinski definition) is 1. The molecule has 0 aromatic heterocycles. The van der Waals surface area contributed by atoms with Gasteiger partial charge < -0.3 is 5.11 Å². The molecule has 1 N–H and O–H groups in total. The Morgan fingerprint density at radius 3 is 2.39 bits per heavy atom. The van der Waals surface area contributed by atoms with Crippen molar-refractivity contribution in [2.45, 2.75) is 52.8 Å². The summed E-state index contributed by atoms with van der Waals surface area (Å²) in [4.78, 5) is 2.39. The molecule has 2 atom stereocenters. The molecule has 2 rings (SSSR count). The van der Waals surface area contributed by atoms with Gasteiger partial charge in [-0.05, 0) is 43.9 Å². The van der Waals surface area contributed by atoms with Crippen molar-refractivity contribution in [3.63, 3.8) is 0 Å². The SMILES string of the molecule is CC[C@H](C)N(Cc1cc(C)ccc1C)C[C@@H](O)c1ccccc1. The maximum absolute atomic E-state index is 10.6. The molecule has 0 saturated carbocycles. The van der Waals surface area contributed by atoms with E-state index in [1.807, 2.05) is 30.3 Å². The summed E-state index contributed by atoms with van der Waals surface area (Å²) in [5.74, 6) is 0. The van der Waals surface area contributed by atoms with Crippen LogP contribution in [0.5, 0.6) is 0 Å². The molecule has 2 aromatic rings. The average Bonchev–Trinajstić information content (AvgIpc) is 2.57. The third-order valence-electron chi connectivity index (χ3n) is 4.68. The van der Waals surface area contributed by atoms with Gasteiger partial charge in [-0.25, -0.2) is 0 Å². The van der Waals surface area contributed by atoms with Crippen LogP contribution >= 0.6 is 0 Å². The number of benzene rings is 2. The normalized spacial score (nSPS) is 14.0. The predicted molar refractivity (Wildman–Crippen MR) is 97.5 cm³/mol. The van der Waals surface area contributed by atoms with E-state index in [-0.39, 0.29) is 0 Å². The second kappa shape index (κ2) is 8.28. The molecule has 0 spiro atoms. The third kappa shape index (κ3) is 4.92. The van der Waals surface area contributed by atoms with Crippen LogP contribution in [0.4, 0.5) is 0 Å². The van der Waals surface area contributed by atoms with E-state index < -0.39 is 6.10 Å². The summed E-state index contributed by atoms with van der Waals surface area (Å²) in [7, 11) is 0. The minimum Gasteiger partial charge on any atom is -0.387 e. The van der Waals surface area contributed by atoms with Gasteiger partial charge in [-0.15, -0.1) is 0 Å². The monoisotopic (exact) mass is 311 g/mol. The first-order valence-corrected chi connectivity index (χ1v) is 8.54. The van der Waals surface area contributed by atoms with Crippen LogP contribution in [-0.2, 0) is 6.54 Å². The van der Waals surface area contributed by atoms with Crippen LogP contribution in [0.2, 0.25) is 0 Å². The molecular weight excluding hydrogens is 282 g/mol. The van der Waals surface area contributed by atoms with Gasteiger partial charge in [-0.2, -0.15) is 0 Å². The van der Waals surface area contributed by atoms with Crippen molar-refractivity contribution in [1.82, 2.24) is 4.90 Å². The van der Waals surface area contributed by atoms with Gasteiger partial charge in [0.15, 0.2) is 0 Å². The summed E-state index contributed by atoms with van der Waals surface area (Å²) >= 11 is 0. The molecule has 0 fully saturated rings. The summed E-state index contributed by atoms with van der Waals surface area (Å²) in [5.41, 5.74) is 4.95. The first-order chi connectivity index (χ1) is 11.0. The Bertz CT molecular complexity index is 608. The fraction of sp³-hybridized carbons (Fsp3) is 0.429. The Morgan fingerprint density at radius 2 is 1.74 bits per heavy atom. The van der Waals surface area contributed by atoms with Crippen molar-refractivity contribution in [3.8, 4) is 0 Å². The zero-order valence-corrected chi connectivity index (χ0v) is 14.8. The van der Waals surface area contributed by atoms with Crippen LogP contribution in [0.1, 0.15) is 48.6 Å². The van der Waals surface area contributed by atoms with Gasteiger partial charge in [-0.1, -0.05) is 61.0 Å². The molecular formula is C21H29NO. The zero-order valence-electron chi connectivity index (χ0n) is 14.8. The van der Waals surface area contributed by atoms with E-state index in [0.29, 0.717) is 12.6 Å². The number of aliphatic hydroxyl groups is 1. The van der Waals surface area contributed by atoms with Crippen molar-refractivity contribution < 1.29 is 5.11 Å². The third-order valence-corrected chi connectivity index (χ3v) is 4.68. The Balaban J connectivity index is 2.15. The van der Waals surface area contributed by atoms with Crippen LogP contribution in [0.25, 0.3) is 0 Å². The van der Waals surface area contributed by atoms with Crippen LogP contribution in [0.15, 0.2) is 48.5 Å². The summed E-state index contributed by atoms with van der Waals surface area (Å²) in [6.45, 7) is 10.3. The second-order valence-corrected chi connectivity index (χ2v) is 6.54. The van der Waals surface area contributed by atoms with Crippen molar-refractivity contribution in [2.24, 2.45) is 0 Å². The van der Waals surface area contributed by atoms with Gasteiger partial charge in [0.1, 0.15) is 0 Å². The average molecular weight is 311 g/mol. The lowest BCUT2D eigenvalue weighted by molar-refractivity contribution is 0.0846. The standard InChI is InChI=1S/C21H29NO/c1-5-18(4)22(14-20-13-16(2)11-12-17(20)3)15-21(23)19-9-7-6-8-10-19/h6-13,18,21,23H,5,14-15H2,1-4H3/t18-,21+/m0/s1. The van der Waals surface area contributed by atoms with E-state index >= 15 is 0 Å². The Morgan fingerprint density at radius 1 is 1.04 bits per heavy atom. The summed E-state index contributed by atoms with van der Waals surface area (Å²) in [6.07, 6.45) is 0.627. The molecule has 0 saturated heterocycles. The first kappa shape index (κ1) is 17.7. The molecule has 23 heavy (non-hydrogen) atoms. The van der Waals surface area contributed by atoms with Gasteiger partial charge in [0.2, 0.25) is 0 Å². The van der Waals surface area contributed by atoms with E-state index in [4.69, 9.17) is 0 Å². The highest BCUT2D eigenvalue weighted by atomic mass is 16.3. The molecule has 0 radical (unpaired) electrons. The largest absolute Gasteiger partial charge is 0.387 e. The van der Waals surface area contributed by atoms with Gasteiger partial charge in [0.05, 0.1) is 6.10 Å². The topological polar surface area (TPSA) is 23.5 Å². The van der Waals surface area contributed by atoms with Gasteiger partial charge in [0.25, 0.3) is 0 Å². The Hall–Kier alpha value is -1.64. The molecule has 0 bridgehead atoms. The summed E-state index contributed by atoms with van der Waals surface area (Å²) < 4.78 is 0.